The number of fused-ring (bicyclic) bond motifs is 1. The van der Waals surface area contributed by atoms with Gasteiger partial charge in [0.25, 0.3) is 5.91 Å². The molecule has 1 spiro atoms. The second-order valence-electron chi connectivity index (χ2n) is 9.31. The third-order valence-electron chi connectivity index (χ3n) is 8.08. The van der Waals surface area contributed by atoms with E-state index in [1.54, 1.807) is 0 Å². The van der Waals surface area contributed by atoms with Crippen molar-refractivity contribution < 1.29 is 4.79 Å². The highest BCUT2D eigenvalue weighted by Gasteiger charge is 2.68. The minimum absolute atomic E-state index is 0.181. The van der Waals surface area contributed by atoms with E-state index in [9.17, 15) is 9.59 Å². The van der Waals surface area contributed by atoms with Crippen LogP contribution in [0.1, 0.15) is 49.0 Å². The Kier molecular flexibility index (Phi) is 3.02. The highest BCUT2D eigenvalue weighted by atomic mass is 16.2. The van der Waals surface area contributed by atoms with Crippen LogP contribution in [0.4, 0.5) is 0 Å². The number of aryl methyl sites for hydroxylation is 1. The average Bonchev–Trinajstić information content (AvgIpc) is 3.20. The molecule has 0 saturated heterocycles. The van der Waals surface area contributed by atoms with Crippen molar-refractivity contribution in [1.82, 2.24) is 29.7 Å². The van der Waals surface area contributed by atoms with Crippen LogP contribution >= 0.6 is 0 Å². The molecule has 1 amide bonds. The lowest BCUT2D eigenvalue weighted by atomic mass is 9.49. The molecule has 1 N–H and O–H groups in total. The number of hydrogen-bond acceptors (Lipinski definition) is 5. The molecular weight excluding hydrogens is 344 g/mol. The van der Waals surface area contributed by atoms with Gasteiger partial charge in [-0.2, -0.15) is 4.68 Å². The van der Waals surface area contributed by atoms with E-state index >= 15 is 0 Å². The smallest absolute Gasteiger partial charge is 0.350 e. The van der Waals surface area contributed by atoms with Crippen molar-refractivity contribution in [2.75, 3.05) is 6.54 Å². The molecule has 0 aliphatic heterocycles. The van der Waals surface area contributed by atoms with E-state index in [1.807, 2.05) is 0 Å². The van der Waals surface area contributed by atoms with Gasteiger partial charge in [-0.15, -0.1) is 5.10 Å². The molecule has 7 rings (SSSR count). The quantitative estimate of drug-likeness (QED) is 0.873. The highest BCUT2D eigenvalue weighted by Crippen LogP contribution is 2.74. The number of amides is 1. The Balaban J connectivity index is 1.18. The van der Waals surface area contributed by atoms with Crippen LogP contribution in [-0.2, 0) is 7.05 Å². The average molecular weight is 368 g/mol. The van der Waals surface area contributed by atoms with Crippen molar-refractivity contribution in [3.8, 4) is 0 Å². The standard InChI is InChI=1S/C19H24N6O2/c1-24-18(27)25-9-21-15(16(25)22-23-24)17(26)20-8-14-7-19(14)12-3-10-2-11(5-12)6-13(19)4-10/h9-14H,2-8H2,1H3,(H,20,26). The van der Waals surface area contributed by atoms with Crippen LogP contribution < -0.4 is 11.0 Å². The summed E-state index contributed by atoms with van der Waals surface area (Å²) in [4.78, 5) is 28.8. The molecule has 0 aromatic carbocycles. The third kappa shape index (κ3) is 2.07. The van der Waals surface area contributed by atoms with Crippen molar-refractivity contribution in [1.29, 1.82) is 0 Å². The molecule has 8 heteroatoms. The highest BCUT2D eigenvalue weighted by molar-refractivity contribution is 5.97. The molecule has 4 bridgehead atoms. The molecule has 27 heavy (non-hydrogen) atoms. The summed E-state index contributed by atoms with van der Waals surface area (Å²) in [6.45, 7) is 0.707. The zero-order chi connectivity index (χ0) is 18.3. The van der Waals surface area contributed by atoms with Gasteiger partial charge in [-0.25, -0.2) is 14.2 Å². The van der Waals surface area contributed by atoms with Gasteiger partial charge in [0.05, 0.1) is 0 Å². The number of imidazole rings is 1. The van der Waals surface area contributed by atoms with E-state index in [4.69, 9.17) is 0 Å². The predicted octanol–water partition coefficient (Wildman–Crippen LogP) is 1.02. The molecule has 2 aromatic rings. The normalized spacial score (nSPS) is 38.6. The minimum atomic E-state index is -0.360. The van der Waals surface area contributed by atoms with Gasteiger partial charge in [0.15, 0.2) is 11.3 Å². The largest absolute Gasteiger partial charge is 0.352 e. The number of nitrogens with one attached hydrogen (secondary N) is 1. The fourth-order valence-electron chi connectivity index (χ4n) is 7.03. The second-order valence-corrected chi connectivity index (χ2v) is 9.31. The number of rotatable bonds is 3. The number of carbonyl (C=O) groups excluding carboxylic acids is 1. The molecule has 5 fully saturated rings. The molecule has 142 valence electrons. The Labute approximate surface area is 156 Å². The summed E-state index contributed by atoms with van der Waals surface area (Å²) < 4.78 is 2.38. The molecule has 5 saturated carbocycles. The summed E-state index contributed by atoms with van der Waals surface area (Å²) in [6.07, 6.45) is 9.76. The van der Waals surface area contributed by atoms with E-state index in [-0.39, 0.29) is 22.9 Å². The van der Waals surface area contributed by atoms with Gasteiger partial charge in [-0.1, -0.05) is 5.21 Å². The van der Waals surface area contributed by atoms with Crippen LogP contribution in [0.15, 0.2) is 11.1 Å². The van der Waals surface area contributed by atoms with Gasteiger partial charge < -0.3 is 5.32 Å². The number of hydrogen-bond donors (Lipinski definition) is 1. The number of aromatic nitrogens is 5. The van der Waals surface area contributed by atoms with Gasteiger partial charge in [-0.3, -0.25) is 4.79 Å². The summed E-state index contributed by atoms with van der Waals surface area (Å²) in [6, 6.07) is 0. The van der Waals surface area contributed by atoms with Crippen molar-refractivity contribution >= 4 is 11.6 Å². The van der Waals surface area contributed by atoms with Crippen LogP contribution in [0.2, 0.25) is 0 Å². The first-order valence-corrected chi connectivity index (χ1v) is 10.1. The van der Waals surface area contributed by atoms with Crippen LogP contribution in [0.5, 0.6) is 0 Å². The maximum Gasteiger partial charge on any atom is 0.352 e. The molecule has 5 aliphatic carbocycles. The maximum atomic E-state index is 12.7. The predicted molar refractivity (Wildman–Crippen MR) is 95.9 cm³/mol. The van der Waals surface area contributed by atoms with Crippen molar-refractivity contribution in [3.05, 3.63) is 22.5 Å². The topological polar surface area (TPSA) is 94.2 Å². The Morgan fingerprint density at radius 2 is 1.93 bits per heavy atom. The Morgan fingerprint density at radius 3 is 2.63 bits per heavy atom. The Hall–Kier alpha value is -2.25. The van der Waals surface area contributed by atoms with Crippen LogP contribution in [0.25, 0.3) is 5.65 Å². The van der Waals surface area contributed by atoms with Crippen molar-refractivity contribution in [2.45, 2.75) is 38.5 Å². The van der Waals surface area contributed by atoms with E-state index in [2.05, 4.69) is 20.6 Å². The van der Waals surface area contributed by atoms with Gasteiger partial charge >= 0.3 is 5.69 Å². The fourth-order valence-corrected chi connectivity index (χ4v) is 7.03. The lowest BCUT2D eigenvalue weighted by Crippen LogP contribution is -2.48. The van der Waals surface area contributed by atoms with Crippen LogP contribution in [-0.4, -0.2) is 36.8 Å². The summed E-state index contributed by atoms with van der Waals surface area (Å²) in [5.41, 5.74) is 0.546. The first-order valence-electron chi connectivity index (χ1n) is 10.1. The second kappa shape index (κ2) is 5.17. The van der Waals surface area contributed by atoms with Crippen LogP contribution in [0.3, 0.4) is 0 Å². The zero-order valence-corrected chi connectivity index (χ0v) is 15.5. The van der Waals surface area contributed by atoms with Crippen molar-refractivity contribution in [2.24, 2.45) is 42.1 Å². The van der Waals surface area contributed by atoms with E-state index in [0.717, 1.165) is 28.4 Å². The first kappa shape index (κ1) is 15.8. The lowest BCUT2D eigenvalue weighted by molar-refractivity contribution is -0.0597. The molecule has 8 nitrogen and oxygen atoms in total. The first-order chi connectivity index (χ1) is 13.1. The van der Waals surface area contributed by atoms with E-state index in [1.165, 1.54) is 56.3 Å². The zero-order valence-electron chi connectivity index (χ0n) is 15.5. The molecule has 5 aliphatic rings. The van der Waals surface area contributed by atoms with E-state index < -0.39 is 0 Å². The van der Waals surface area contributed by atoms with Gasteiger partial charge in [0.1, 0.15) is 6.33 Å². The summed E-state index contributed by atoms with van der Waals surface area (Å²) in [5, 5.41) is 10.8. The van der Waals surface area contributed by atoms with Crippen LogP contribution in [0, 0.1) is 35.0 Å². The third-order valence-corrected chi connectivity index (χ3v) is 8.08. The van der Waals surface area contributed by atoms with Crippen molar-refractivity contribution in [3.63, 3.8) is 0 Å². The van der Waals surface area contributed by atoms with E-state index in [0.29, 0.717) is 17.9 Å². The molecule has 1 atom stereocenters. The molecule has 2 aromatic heterocycles. The Bertz CT molecular complexity index is 979. The molecule has 0 radical (unpaired) electrons. The fraction of sp³-hybridized carbons (Fsp3) is 0.737. The summed E-state index contributed by atoms with van der Waals surface area (Å²) >= 11 is 0. The summed E-state index contributed by atoms with van der Waals surface area (Å²) in [5.74, 6) is 4.07. The molecular formula is C19H24N6O2. The summed E-state index contributed by atoms with van der Waals surface area (Å²) in [7, 11) is 1.52. The molecule has 1 unspecified atom stereocenters. The monoisotopic (exact) mass is 368 g/mol. The lowest BCUT2D eigenvalue weighted by Gasteiger charge is -2.56. The number of carbonyl (C=O) groups is 1. The SMILES string of the molecule is Cn1nnc2c(C(=O)NCC3CC34C3CC5CC(C3)CC4C5)ncn2c1=O. The van der Waals surface area contributed by atoms with Gasteiger partial charge in [-0.05, 0) is 73.5 Å². The molecule has 2 heterocycles. The van der Waals surface area contributed by atoms with Gasteiger partial charge in [0, 0.05) is 13.6 Å². The maximum absolute atomic E-state index is 12.7. The minimum Gasteiger partial charge on any atom is -0.350 e. The Morgan fingerprint density at radius 1 is 1.22 bits per heavy atom. The van der Waals surface area contributed by atoms with Gasteiger partial charge in [0.2, 0.25) is 0 Å². The number of nitrogens with zero attached hydrogens (tertiary/aromatic N) is 5.